The summed E-state index contributed by atoms with van der Waals surface area (Å²) >= 11 is 0. The summed E-state index contributed by atoms with van der Waals surface area (Å²) in [6, 6.07) is 11.1. The Hall–Kier alpha value is -3.48. The van der Waals surface area contributed by atoms with Gasteiger partial charge in [0.1, 0.15) is 0 Å². The van der Waals surface area contributed by atoms with Gasteiger partial charge in [-0.3, -0.25) is 9.89 Å². The Bertz CT molecular complexity index is 1090. The topological polar surface area (TPSA) is 110 Å². The molecule has 0 aliphatic carbocycles. The summed E-state index contributed by atoms with van der Waals surface area (Å²) in [7, 11) is 0. The van der Waals surface area contributed by atoms with Crippen molar-refractivity contribution in [1.29, 1.82) is 0 Å². The Balaban J connectivity index is 1.69. The zero-order chi connectivity index (χ0) is 16.7. The van der Waals surface area contributed by atoms with Gasteiger partial charge in [0.05, 0.1) is 22.9 Å². The van der Waals surface area contributed by atoms with E-state index in [4.69, 9.17) is 5.73 Å². The fraction of sp³-hybridized carbons (Fsp3) is 0.0588. The van der Waals surface area contributed by atoms with Crippen molar-refractivity contribution in [2.24, 2.45) is 0 Å². The highest BCUT2D eigenvalue weighted by molar-refractivity contribution is 6.10. The molecule has 0 radical (unpaired) electrons. The summed E-state index contributed by atoms with van der Waals surface area (Å²) in [5.41, 5.74) is 9.73. The molecule has 2 heterocycles. The molecule has 0 unspecified atom stereocenters. The third kappa shape index (κ3) is 2.32. The van der Waals surface area contributed by atoms with Gasteiger partial charge < -0.3 is 11.1 Å². The van der Waals surface area contributed by atoms with Crippen LogP contribution in [0.5, 0.6) is 0 Å². The van der Waals surface area contributed by atoms with Gasteiger partial charge in [0.2, 0.25) is 0 Å². The van der Waals surface area contributed by atoms with Crippen molar-refractivity contribution < 1.29 is 4.79 Å². The number of anilines is 2. The van der Waals surface area contributed by atoms with Crippen LogP contribution in [0.4, 0.5) is 11.4 Å². The van der Waals surface area contributed by atoms with Gasteiger partial charge in [0.25, 0.3) is 5.91 Å². The number of H-pyrrole nitrogens is 1. The van der Waals surface area contributed by atoms with Crippen molar-refractivity contribution in [2.45, 2.75) is 6.92 Å². The molecule has 0 spiro atoms. The molecule has 7 heteroatoms. The van der Waals surface area contributed by atoms with Crippen LogP contribution in [0.3, 0.4) is 0 Å². The van der Waals surface area contributed by atoms with Gasteiger partial charge in [-0.15, -0.1) is 10.2 Å². The number of benzene rings is 2. The smallest absolute Gasteiger partial charge is 0.278 e. The number of rotatable bonds is 2. The van der Waals surface area contributed by atoms with E-state index in [9.17, 15) is 4.79 Å². The van der Waals surface area contributed by atoms with Gasteiger partial charge >= 0.3 is 0 Å². The molecule has 4 aromatic rings. The maximum Gasteiger partial charge on any atom is 0.278 e. The first kappa shape index (κ1) is 14.1. The first-order valence-electron chi connectivity index (χ1n) is 7.39. The average Bonchev–Trinajstić information content (AvgIpc) is 3.02. The molecule has 0 atom stereocenters. The van der Waals surface area contributed by atoms with Crippen molar-refractivity contribution in [1.82, 2.24) is 20.4 Å². The molecule has 0 saturated carbocycles. The molecule has 118 valence electrons. The number of carbonyl (C=O) groups is 1. The molecule has 7 nitrogen and oxygen atoms in total. The van der Waals surface area contributed by atoms with E-state index >= 15 is 0 Å². The predicted octanol–water partition coefficient (Wildman–Crippen LogP) is 2.65. The third-order valence-corrected chi connectivity index (χ3v) is 3.87. The first-order valence-corrected chi connectivity index (χ1v) is 7.39. The minimum absolute atomic E-state index is 0.107. The highest BCUT2D eigenvalue weighted by Crippen LogP contribution is 2.23. The van der Waals surface area contributed by atoms with Gasteiger partial charge in [-0.2, -0.15) is 5.10 Å². The lowest BCUT2D eigenvalue weighted by Gasteiger charge is -2.08. The van der Waals surface area contributed by atoms with Crippen molar-refractivity contribution in [3.63, 3.8) is 0 Å². The molecule has 0 saturated heterocycles. The molecule has 24 heavy (non-hydrogen) atoms. The summed E-state index contributed by atoms with van der Waals surface area (Å²) in [5, 5.41) is 19.4. The predicted molar refractivity (Wildman–Crippen MR) is 92.7 cm³/mol. The monoisotopic (exact) mass is 318 g/mol. The molecular formula is C17H14N6O. The number of aryl methyl sites for hydroxylation is 1. The van der Waals surface area contributed by atoms with E-state index in [0.29, 0.717) is 22.3 Å². The Morgan fingerprint density at radius 3 is 2.92 bits per heavy atom. The summed E-state index contributed by atoms with van der Waals surface area (Å²) in [4.78, 5) is 12.5. The molecule has 0 aliphatic heterocycles. The van der Waals surface area contributed by atoms with Crippen LogP contribution in [-0.2, 0) is 0 Å². The quantitative estimate of drug-likeness (QED) is 0.526. The number of nitrogen functional groups attached to an aromatic ring is 1. The first-order chi connectivity index (χ1) is 11.6. The number of aromatic nitrogens is 4. The van der Waals surface area contributed by atoms with Gasteiger partial charge in [-0.25, -0.2) is 0 Å². The zero-order valence-corrected chi connectivity index (χ0v) is 12.9. The molecule has 4 N–H and O–H groups in total. The Morgan fingerprint density at radius 2 is 2.04 bits per heavy atom. The van der Waals surface area contributed by atoms with Crippen molar-refractivity contribution >= 4 is 39.1 Å². The van der Waals surface area contributed by atoms with Gasteiger partial charge in [-0.05, 0) is 36.8 Å². The third-order valence-electron chi connectivity index (χ3n) is 3.87. The van der Waals surface area contributed by atoms with Crippen LogP contribution in [0.1, 0.15) is 16.1 Å². The summed E-state index contributed by atoms with van der Waals surface area (Å²) in [6.45, 7) is 1.96. The minimum atomic E-state index is -0.402. The number of hydrogen-bond donors (Lipinski definition) is 3. The number of nitrogens with zero attached hydrogens (tertiary/aromatic N) is 3. The van der Waals surface area contributed by atoms with Crippen LogP contribution in [0.25, 0.3) is 21.8 Å². The van der Waals surface area contributed by atoms with Crippen LogP contribution in [0.15, 0.2) is 42.6 Å². The zero-order valence-electron chi connectivity index (χ0n) is 12.9. The maximum absolute atomic E-state index is 12.5. The minimum Gasteiger partial charge on any atom is -0.396 e. The van der Waals surface area contributed by atoms with E-state index in [0.717, 1.165) is 16.5 Å². The van der Waals surface area contributed by atoms with Crippen LogP contribution in [-0.4, -0.2) is 26.3 Å². The molecule has 2 aromatic carbocycles. The summed E-state index contributed by atoms with van der Waals surface area (Å²) < 4.78 is 0. The lowest BCUT2D eigenvalue weighted by molar-refractivity contribution is 0.102. The second kappa shape index (κ2) is 5.31. The molecule has 1 amide bonds. The molecule has 0 aliphatic rings. The molecule has 0 fully saturated rings. The number of carbonyl (C=O) groups excluding carboxylic acids is 1. The highest BCUT2D eigenvalue weighted by atomic mass is 16.1. The van der Waals surface area contributed by atoms with E-state index in [1.807, 2.05) is 31.2 Å². The van der Waals surface area contributed by atoms with Crippen molar-refractivity contribution in [3.8, 4) is 0 Å². The molecule has 2 aromatic heterocycles. The normalized spacial score (nSPS) is 11.0. The second-order valence-electron chi connectivity index (χ2n) is 5.61. The summed E-state index contributed by atoms with van der Waals surface area (Å²) in [6.07, 6.45) is 1.72. The van der Waals surface area contributed by atoms with E-state index in [1.165, 1.54) is 0 Å². The Labute approximate surface area is 136 Å². The molecule has 4 rings (SSSR count). The number of fused-ring (bicyclic) bond motifs is 2. The van der Waals surface area contributed by atoms with Gasteiger partial charge in [0.15, 0.2) is 5.69 Å². The number of nitrogens with two attached hydrogens (primary N) is 1. The largest absolute Gasteiger partial charge is 0.396 e. The fourth-order valence-corrected chi connectivity index (χ4v) is 2.61. The highest BCUT2D eigenvalue weighted by Gasteiger charge is 2.16. The number of nitrogens with one attached hydrogen (secondary N) is 2. The van der Waals surface area contributed by atoms with Crippen LogP contribution >= 0.6 is 0 Å². The number of aromatic amines is 1. The Morgan fingerprint density at radius 1 is 1.17 bits per heavy atom. The van der Waals surface area contributed by atoms with Gasteiger partial charge in [-0.1, -0.05) is 12.1 Å². The van der Waals surface area contributed by atoms with E-state index in [-0.39, 0.29) is 5.69 Å². The lowest BCUT2D eigenvalue weighted by Crippen LogP contribution is -2.17. The van der Waals surface area contributed by atoms with Crippen LogP contribution in [0.2, 0.25) is 0 Å². The van der Waals surface area contributed by atoms with E-state index < -0.39 is 5.91 Å². The van der Waals surface area contributed by atoms with Crippen LogP contribution < -0.4 is 11.1 Å². The van der Waals surface area contributed by atoms with E-state index in [1.54, 1.807) is 18.3 Å². The Kier molecular flexibility index (Phi) is 3.13. The van der Waals surface area contributed by atoms with Gasteiger partial charge in [0, 0.05) is 16.5 Å². The van der Waals surface area contributed by atoms with Crippen molar-refractivity contribution in [2.75, 3.05) is 11.1 Å². The fourth-order valence-electron chi connectivity index (χ4n) is 2.61. The van der Waals surface area contributed by atoms with E-state index in [2.05, 4.69) is 25.7 Å². The second-order valence-corrected chi connectivity index (χ2v) is 5.61. The SMILES string of the molecule is Cc1ccc2c(N)c(C(=O)Nc3ccc4cn[nH]c4c3)nnc2c1. The number of hydrogen-bond acceptors (Lipinski definition) is 5. The van der Waals surface area contributed by atoms with Crippen molar-refractivity contribution in [3.05, 3.63) is 53.9 Å². The molecular weight excluding hydrogens is 304 g/mol. The molecule has 0 bridgehead atoms. The summed E-state index contributed by atoms with van der Waals surface area (Å²) in [5.74, 6) is -0.402. The lowest BCUT2D eigenvalue weighted by atomic mass is 10.1. The maximum atomic E-state index is 12.5. The number of amides is 1. The van der Waals surface area contributed by atoms with Crippen LogP contribution in [0, 0.1) is 6.92 Å². The standard InChI is InChI=1S/C17H14N6O/c1-9-2-5-12-14(6-9)22-23-16(15(12)18)17(24)20-11-4-3-10-8-19-21-13(10)7-11/h2-8H,1H3,(H2,18,22)(H,19,21)(H,20,24). The average molecular weight is 318 g/mol.